The Morgan fingerprint density at radius 1 is 1.03 bits per heavy atom. The number of nitro benzene ring substituents is 1. The molecule has 1 heterocycles. The quantitative estimate of drug-likeness (QED) is 0.220. The van der Waals surface area contributed by atoms with E-state index in [1.54, 1.807) is 4.57 Å². The lowest BCUT2D eigenvalue weighted by molar-refractivity contribution is -0.648. The van der Waals surface area contributed by atoms with E-state index in [0.29, 0.717) is 23.1 Å². The smallest absolute Gasteiger partial charge is 0.291 e. The van der Waals surface area contributed by atoms with Crippen LogP contribution in [-0.4, -0.2) is 15.3 Å². The fourth-order valence-electron chi connectivity index (χ4n) is 3.45. The second-order valence-corrected chi connectivity index (χ2v) is 7.24. The summed E-state index contributed by atoms with van der Waals surface area (Å²) in [7, 11) is 0. The van der Waals surface area contributed by atoms with Gasteiger partial charge in [0.05, 0.1) is 11.5 Å². The SMILES string of the molecule is Nc1n(CC(=O)c2ccc([N+](=O)[O-])cc2)c2ccccc2[n+]1Cc1ccccc1Cl. The van der Waals surface area contributed by atoms with Gasteiger partial charge in [0.2, 0.25) is 0 Å². The fourth-order valence-corrected chi connectivity index (χ4v) is 3.64. The Balaban J connectivity index is 1.71. The van der Waals surface area contributed by atoms with E-state index in [9.17, 15) is 14.9 Å². The number of imidazole rings is 1. The summed E-state index contributed by atoms with van der Waals surface area (Å²) in [5.74, 6) is 0.230. The van der Waals surface area contributed by atoms with Crippen LogP contribution in [0.3, 0.4) is 0 Å². The van der Waals surface area contributed by atoms with Gasteiger partial charge in [-0.3, -0.25) is 20.6 Å². The topological polar surface area (TPSA) is 95.0 Å². The standard InChI is InChI=1S/C22H17ClN4O3/c23-18-6-2-1-5-16(18)13-25-19-7-3-4-8-20(19)26(22(25)24)14-21(28)15-9-11-17(12-10-15)27(29)30/h1-12,24H,13-14H2/p+1. The largest absolute Gasteiger partial charge is 0.356 e. The Hall–Kier alpha value is -3.71. The van der Waals surface area contributed by atoms with Gasteiger partial charge in [-0.1, -0.05) is 41.9 Å². The molecule has 0 fully saturated rings. The summed E-state index contributed by atoms with van der Waals surface area (Å²) in [6.07, 6.45) is 0. The molecule has 8 heteroatoms. The van der Waals surface area contributed by atoms with Crippen LogP contribution in [0.2, 0.25) is 5.02 Å². The fraction of sp³-hybridized carbons (Fsp3) is 0.0909. The number of Topliss-reactive ketones (excluding diaryl/α,β-unsaturated/α-hetero) is 1. The maximum Gasteiger partial charge on any atom is 0.356 e. The number of nitro groups is 1. The zero-order valence-corrected chi connectivity index (χ0v) is 16.6. The number of ketones is 1. The van der Waals surface area contributed by atoms with Crippen LogP contribution in [0.1, 0.15) is 15.9 Å². The number of carbonyl (C=O) groups excluding carboxylic acids is 1. The predicted molar refractivity (Wildman–Crippen MR) is 115 cm³/mol. The van der Waals surface area contributed by atoms with E-state index in [1.165, 1.54) is 24.3 Å². The van der Waals surface area contributed by atoms with E-state index in [4.69, 9.17) is 17.3 Å². The molecule has 0 saturated heterocycles. The summed E-state index contributed by atoms with van der Waals surface area (Å²) in [6.45, 7) is 0.477. The highest BCUT2D eigenvalue weighted by Crippen LogP contribution is 2.21. The molecule has 30 heavy (non-hydrogen) atoms. The number of aromatic nitrogens is 2. The van der Waals surface area contributed by atoms with E-state index in [-0.39, 0.29) is 18.0 Å². The van der Waals surface area contributed by atoms with Crippen LogP contribution in [0, 0.1) is 10.1 Å². The number of benzene rings is 3. The molecule has 0 amide bonds. The summed E-state index contributed by atoms with van der Waals surface area (Å²) in [6, 6.07) is 20.7. The molecule has 0 bridgehead atoms. The van der Waals surface area contributed by atoms with Gasteiger partial charge in [-0.2, -0.15) is 0 Å². The first kappa shape index (κ1) is 19.6. The highest BCUT2D eigenvalue weighted by Gasteiger charge is 2.24. The number of rotatable bonds is 6. The zero-order valence-electron chi connectivity index (χ0n) is 15.9. The molecule has 150 valence electrons. The van der Waals surface area contributed by atoms with Gasteiger partial charge in [0.15, 0.2) is 5.78 Å². The van der Waals surface area contributed by atoms with E-state index in [2.05, 4.69) is 0 Å². The minimum atomic E-state index is -0.497. The Bertz CT molecular complexity index is 1270. The molecule has 2 N–H and O–H groups in total. The normalized spacial score (nSPS) is 11.0. The van der Waals surface area contributed by atoms with E-state index < -0.39 is 4.92 Å². The number of fused-ring (bicyclic) bond motifs is 1. The van der Waals surface area contributed by atoms with E-state index in [1.807, 2.05) is 53.1 Å². The number of halogens is 1. The third-order valence-corrected chi connectivity index (χ3v) is 5.37. The molecule has 7 nitrogen and oxygen atoms in total. The summed E-state index contributed by atoms with van der Waals surface area (Å²) in [5.41, 5.74) is 9.39. The maximum atomic E-state index is 12.8. The van der Waals surface area contributed by atoms with Crippen molar-refractivity contribution < 1.29 is 14.3 Å². The first-order chi connectivity index (χ1) is 14.5. The third kappa shape index (κ3) is 3.62. The van der Waals surface area contributed by atoms with Gasteiger partial charge in [0.1, 0.15) is 17.6 Å². The summed E-state index contributed by atoms with van der Waals surface area (Å²) in [5, 5.41) is 11.5. The van der Waals surface area contributed by atoms with Crippen LogP contribution in [-0.2, 0) is 13.1 Å². The van der Waals surface area contributed by atoms with Crippen LogP contribution in [0.5, 0.6) is 0 Å². The number of hydrogen-bond donors (Lipinski definition) is 1. The number of carbonyl (C=O) groups is 1. The molecule has 0 atom stereocenters. The van der Waals surface area contributed by atoms with Crippen LogP contribution >= 0.6 is 11.6 Å². The number of hydrogen-bond acceptors (Lipinski definition) is 4. The lowest BCUT2D eigenvalue weighted by atomic mass is 10.1. The summed E-state index contributed by atoms with van der Waals surface area (Å²) < 4.78 is 3.66. The minimum Gasteiger partial charge on any atom is -0.291 e. The van der Waals surface area contributed by atoms with Crippen molar-refractivity contribution in [2.75, 3.05) is 5.73 Å². The number of anilines is 1. The Kier molecular flexibility index (Phi) is 5.20. The molecule has 1 aromatic heterocycles. The van der Waals surface area contributed by atoms with Crippen molar-refractivity contribution >= 4 is 40.1 Å². The molecule has 0 aliphatic carbocycles. The minimum absolute atomic E-state index is 0.0136. The van der Waals surface area contributed by atoms with Gasteiger partial charge in [-0.15, -0.1) is 0 Å². The first-order valence-corrected chi connectivity index (χ1v) is 9.61. The van der Waals surface area contributed by atoms with Crippen molar-refractivity contribution in [1.82, 2.24) is 4.57 Å². The molecule has 4 aromatic rings. The van der Waals surface area contributed by atoms with Crippen LogP contribution in [0.4, 0.5) is 11.6 Å². The highest BCUT2D eigenvalue weighted by molar-refractivity contribution is 6.31. The number of nitrogens with zero attached hydrogens (tertiary/aromatic N) is 3. The summed E-state index contributed by atoms with van der Waals surface area (Å²) >= 11 is 6.32. The van der Waals surface area contributed by atoms with Crippen molar-refractivity contribution in [1.29, 1.82) is 0 Å². The van der Waals surface area contributed by atoms with Gasteiger partial charge in [-0.05, 0) is 30.3 Å². The van der Waals surface area contributed by atoms with Gasteiger partial charge >= 0.3 is 5.95 Å². The molecular formula is C22H18ClN4O3+. The molecule has 0 aliphatic heterocycles. The molecule has 0 radical (unpaired) electrons. The van der Waals surface area contributed by atoms with Gasteiger partial charge in [0.25, 0.3) is 5.69 Å². The second kappa shape index (κ2) is 7.96. The Morgan fingerprint density at radius 3 is 2.40 bits per heavy atom. The number of nitrogen functional groups attached to an aromatic ring is 1. The zero-order chi connectivity index (χ0) is 21.3. The van der Waals surface area contributed by atoms with E-state index >= 15 is 0 Å². The molecule has 4 rings (SSSR count). The van der Waals surface area contributed by atoms with Crippen molar-refractivity contribution in [3.63, 3.8) is 0 Å². The third-order valence-electron chi connectivity index (χ3n) is 5.00. The second-order valence-electron chi connectivity index (χ2n) is 6.84. The van der Waals surface area contributed by atoms with Gasteiger partial charge < -0.3 is 0 Å². The van der Waals surface area contributed by atoms with Gasteiger partial charge in [-0.25, -0.2) is 9.13 Å². The average molecular weight is 422 g/mol. The molecule has 0 aliphatic rings. The molecule has 0 unspecified atom stereocenters. The van der Waals surface area contributed by atoms with E-state index in [0.717, 1.165) is 16.6 Å². The molecule has 0 spiro atoms. The number of para-hydroxylation sites is 2. The monoisotopic (exact) mass is 421 g/mol. The molecule has 3 aromatic carbocycles. The molecular weight excluding hydrogens is 404 g/mol. The lowest BCUT2D eigenvalue weighted by Gasteiger charge is -2.05. The van der Waals surface area contributed by atoms with Crippen molar-refractivity contribution in [2.45, 2.75) is 13.1 Å². The molecule has 0 saturated carbocycles. The van der Waals surface area contributed by atoms with Crippen molar-refractivity contribution in [3.05, 3.63) is 99.1 Å². The average Bonchev–Trinajstić information content (AvgIpc) is 3.01. The van der Waals surface area contributed by atoms with Crippen LogP contribution < -0.4 is 10.3 Å². The van der Waals surface area contributed by atoms with Crippen molar-refractivity contribution in [2.24, 2.45) is 0 Å². The van der Waals surface area contributed by atoms with Crippen LogP contribution in [0.25, 0.3) is 11.0 Å². The van der Waals surface area contributed by atoms with Crippen LogP contribution in [0.15, 0.2) is 72.8 Å². The first-order valence-electron chi connectivity index (χ1n) is 9.23. The summed E-state index contributed by atoms with van der Waals surface area (Å²) in [4.78, 5) is 23.2. The maximum absolute atomic E-state index is 12.8. The number of nitrogens with two attached hydrogens (primary N) is 1. The van der Waals surface area contributed by atoms with Gasteiger partial charge in [0, 0.05) is 28.3 Å². The number of non-ortho nitro benzene ring substituents is 1. The Labute approximate surface area is 177 Å². The van der Waals surface area contributed by atoms with Crippen molar-refractivity contribution in [3.8, 4) is 0 Å². The predicted octanol–water partition coefficient (Wildman–Crippen LogP) is 4.00. The Morgan fingerprint density at radius 2 is 1.70 bits per heavy atom. The highest BCUT2D eigenvalue weighted by atomic mass is 35.5. The lowest BCUT2D eigenvalue weighted by Crippen LogP contribution is -2.37.